The van der Waals surface area contributed by atoms with Crippen molar-refractivity contribution in [3.05, 3.63) is 32.8 Å². The summed E-state index contributed by atoms with van der Waals surface area (Å²) in [4.78, 5) is 10.1. The number of nitro benzene ring substituents is 1. The maximum Gasteiger partial charge on any atom is 0.271 e. The molecule has 16 heavy (non-hydrogen) atoms. The molecule has 5 heteroatoms. The monoisotopic (exact) mass is 243 g/mol. The van der Waals surface area contributed by atoms with Gasteiger partial charge in [0.2, 0.25) is 0 Å². The Bertz CT molecular complexity index is 401. The third kappa shape index (κ3) is 3.10. The van der Waals surface area contributed by atoms with Gasteiger partial charge in [-0.05, 0) is 33.3 Å². The second-order valence-electron chi connectivity index (χ2n) is 4.55. The number of hydrogen-bond acceptors (Lipinski definition) is 3. The molecule has 1 aromatic rings. The van der Waals surface area contributed by atoms with E-state index in [0.717, 1.165) is 0 Å². The van der Waals surface area contributed by atoms with Gasteiger partial charge in [0.05, 0.1) is 9.95 Å². The molecule has 0 spiro atoms. The topological polar surface area (TPSA) is 52.4 Å². The highest BCUT2D eigenvalue weighted by Crippen LogP contribution is 2.34. The Morgan fingerprint density at radius 2 is 1.94 bits per heavy atom. The van der Waals surface area contributed by atoms with Crippen molar-refractivity contribution in [3.63, 3.8) is 0 Å². The highest BCUT2D eigenvalue weighted by atomic mass is 35.5. The van der Waals surface area contributed by atoms with Crippen LogP contribution in [0.3, 0.4) is 0 Å². The number of hydrogen-bond donors (Lipinski definition) is 0. The minimum atomic E-state index is -0.472. The van der Waals surface area contributed by atoms with E-state index in [0.29, 0.717) is 11.3 Å². The summed E-state index contributed by atoms with van der Waals surface area (Å²) in [7, 11) is 0. The molecule has 0 atom stereocenters. The minimum Gasteiger partial charge on any atom is -0.486 e. The summed E-state index contributed by atoms with van der Waals surface area (Å²) >= 11 is 5.96. The lowest BCUT2D eigenvalue weighted by atomic mass is 10.1. The van der Waals surface area contributed by atoms with E-state index in [1.54, 1.807) is 6.92 Å². The molecule has 0 fully saturated rings. The van der Waals surface area contributed by atoms with E-state index < -0.39 is 4.92 Å². The fourth-order valence-corrected chi connectivity index (χ4v) is 1.55. The average molecular weight is 244 g/mol. The molecule has 1 aromatic carbocycles. The average Bonchev–Trinajstić information content (AvgIpc) is 2.09. The van der Waals surface area contributed by atoms with Crippen molar-refractivity contribution in [2.45, 2.75) is 33.3 Å². The van der Waals surface area contributed by atoms with Gasteiger partial charge in [-0.3, -0.25) is 10.1 Å². The molecular weight excluding hydrogens is 230 g/mol. The molecule has 0 aliphatic carbocycles. The first-order chi connectivity index (χ1) is 7.20. The highest BCUT2D eigenvalue weighted by molar-refractivity contribution is 6.32. The number of benzene rings is 1. The van der Waals surface area contributed by atoms with Gasteiger partial charge < -0.3 is 4.74 Å². The number of non-ortho nitro benzene ring substituents is 1. The summed E-state index contributed by atoms with van der Waals surface area (Å²) in [5, 5.41) is 10.9. The van der Waals surface area contributed by atoms with Crippen LogP contribution in [-0.2, 0) is 0 Å². The predicted molar refractivity (Wildman–Crippen MR) is 63.2 cm³/mol. The number of ether oxygens (including phenoxy) is 1. The first-order valence-corrected chi connectivity index (χ1v) is 5.22. The van der Waals surface area contributed by atoms with Gasteiger partial charge in [0, 0.05) is 12.1 Å². The summed E-state index contributed by atoms with van der Waals surface area (Å²) < 4.78 is 5.64. The molecule has 0 heterocycles. The van der Waals surface area contributed by atoms with Crippen molar-refractivity contribution in [3.8, 4) is 5.75 Å². The Hall–Kier alpha value is -1.29. The number of nitro groups is 1. The molecule has 0 saturated carbocycles. The first kappa shape index (κ1) is 12.8. The number of aryl methyl sites for hydroxylation is 1. The van der Waals surface area contributed by atoms with Crippen LogP contribution in [0.5, 0.6) is 5.75 Å². The summed E-state index contributed by atoms with van der Waals surface area (Å²) in [6.07, 6.45) is 0. The van der Waals surface area contributed by atoms with E-state index >= 15 is 0 Å². The zero-order valence-electron chi connectivity index (χ0n) is 9.70. The standard InChI is InChI=1S/C11H14ClNO3/c1-7-5-8(13(14)15)6-9(12)10(7)16-11(2,3)4/h5-6H,1-4H3. The second kappa shape index (κ2) is 4.29. The molecule has 4 nitrogen and oxygen atoms in total. The fraction of sp³-hybridized carbons (Fsp3) is 0.455. The zero-order valence-corrected chi connectivity index (χ0v) is 10.5. The van der Waals surface area contributed by atoms with Crippen LogP contribution in [-0.4, -0.2) is 10.5 Å². The number of rotatable bonds is 2. The Morgan fingerprint density at radius 3 is 2.31 bits per heavy atom. The quantitative estimate of drug-likeness (QED) is 0.587. The van der Waals surface area contributed by atoms with Crippen molar-refractivity contribution in [1.29, 1.82) is 0 Å². The molecule has 0 aliphatic rings. The normalized spacial score (nSPS) is 11.3. The molecule has 0 saturated heterocycles. The SMILES string of the molecule is Cc1cc([N+](=O)[O-])cc(Cl)c1OC(C)(C)C. The summed E-state index contributed by atoms with van der Waals surface area (Å²) in [6.45, 7) is 7.42. The van der Waals surface area contributed by atoms with Crippen LogP contribution >= 0.6 is 11.6 Å². The predicted octanol–water partition coefficient (Wildman–Crippen LogP) is 3.73. The Kier molecular flexibility index (Phi) is 3.43. The Morgan fingerprint density at radius 1 is 1.38 bits per heavy atom. The lowest BCUT2D eigenvalue weighted by Gasteiger charge is -2.23. The van der Waals surface area contributed by atoms with Gasteiger partial charge in [0.1, 0.15) is 11.4 Å². The first-order valence-electron chi connectivity index (χ1n) is 4.84. The van der Waals surface area contributed by atoms with Crippen LogP contribution in [0.1, 0.15) is 26.3 Å². The molecule has 0 N–H and O–H groups in total. The molecule has 88 valence electrons. The fourth-order valence-electron chi connectivity index (χ4n) is 1.25. The summed E-state index contributed by atoms with van der Waals surface area (Å²) in [5.74, 6) is 0.500. The smallest absolute Gasteiger partial charge is 0.271 e. The van der Waals surface area contributed by atoms with Gasteiger partial charge in [0.15, 0.2) is 0 Å². The van der Waals surface area contributed by atoms with Crippen molar-refractivity contribution < 1.29 is 9.66 Å². The molecule has 0 aromatic heterocycles. The van der Waals surface area contributed by atoms with E-state index in [2.05, 4.69) is 0 Å². The molecule has 0 aliphatic heterocycles. The largest absolute Gasteiger partial charge is 0.486 e. The van der Waals surface area contributed by atoms with Gasteiger partial charge in [-0.15, -0.1) is 0 Å². The third-order valence-corrected chi connectivity index (χ3v) is 2.11. The molecular formula is C11H14ClNO3. The van der Waals surface area contributed by atoms with E-state index in [1.165, 1.54) is 12.1 Å². The summed E-state index contributed by atoms with van der Waals surface area (Å²) in [6, 6.07) is 2.75. The number of halogens is 1. The van der Waals surface area contributed by atoms with Crippen LogP contribution in [0.2, 0.25) is 5.02 Å². The lowest BCUT2D eigenvalue weighted by molar-refractivity contribution is -0.384. The van der Waals surface area contributed by atoms with Gasteiger partial charge in [0.25, 0.3) is 5.69 Å². The van der Waals surface area contributed by atoms with Gasteiger partial charge >= 0.3 is 0 Å². The molecule has 0 amide bonds. The van der Waals surface area contributed by atoms with E-state index in [4.69, 9.17) is 16.3 Å². The van der Waals surface area contributed by atoms with Crippen molar-refractivity contribution in [1.82, 2.24) is 0 Å². The van der Waals surface area contributed by atoms with Crippen molar-refractivity contribution >= 4 is 17.3 Å². The summed E-state index contributed by atoms with van der Waals surface area (Å²) in [5.41, 5.74) is 0.253. The Balaban J connectivity index is 3.18. The maximum absolute atomic E-state index is 10.6. The van der Waals surface area contributed by atoms with Gasteiger partial charge in [-0.1, -0.05) is 11.6 Å². The van der Waals surface area contributed by atoms with Crippen LogP contribution in [0.4, 0.5) is 5.69 Å². The van der Waals surface area contributed by atoms with Crippen molar-refractivity contribution in [2.24, 2.45) is 0 Å². The van der Waals surface area contributed by atoms with Crippen molar-refractivity contribution in [2.75, 3.05) is 0 Å². The zero-order chi connectivity index (χ0) is 12.5. The molecule has 1 rings (SSSR count). The Labute approximate surface area is 99.3 Å². The third-order valence-electron chi connectivity index (χ3n) is 1.83. The van der Waals surface area contributed by atoms with Crippen LogP contribution in [0, 0.1) is 17.0 Å². The van der Waals surface area contributed by atoms with Gasteiger partial charge in [-0.25, -0.2) is 0 Å². The maximum atomic E-state index is 10.6. The second-order valence-corrected chi connectivity index (χ2v) is 4.95. The van der Waals surface area contributed by atoms with E-state index in [1.807, 2.05) is 20.8 Å². The van der Waals surface area contributed by atoms with Crippen LogP contribution in [0.25, 0.3) is 0 Å². The minimum absolute atomic E-state index is 0.0243. The molecule has 0 unspecified atom stereocenters. The van der Waals surface area contributed by atoms with Crippen LogP contribution in [0.15, 0.2) is 12.1 Å². The molecule has 0 bridgehead atoms. The van der Waals surface area contributed by atoms with Crippen LogP contribution < -0.4 is 4.74 Å². The molecule has 0 radical (unpaired) electrons. The lowest BCUT2D eigenvalue weighted by Crippen LogP contribution is -2.23. The number of nitrogens with zero attached hydrogens (tertiary/aromatic N) is 1. The van der Waals surface area contributed by atoms with E-state index in [-0.39, 0.29) is 16.3 Å². The van der Waals surface area contributed by atoms with E-state index in [9.17, 15) is 10.1 Å². The van der Waals surface area contributed by atoms with Gasteiger partial charge in [-0.2, -0.15) is 0 Å². The highest BCUT2D eigenvalue weighted by Gasteiger charge is 2.19.